The molecule has 0 saturated carbocycles. The van der Waals surface area contributed by atoms with Gasteiger partial charge in [0.05, 0.1) is 5.69 Å². The fourth-order valence-corrected chi connectivity index (χ4v) is 1.63. The summed E-state index contributed by atoms with van der Waals surface area (Å²) in [4.78, 5) is 15.9. The smallest absolute Gasteiger partial charge is 0.224 e. The lowest BCUT2D eigenvalue weighted by Crippen LogP contribution is -2.12. The van der Waals surface area contributed by atoms with E-state index < -0.39 is 0 Å². The molecule has 1 aromatic carbocycles. The number of aromatic nitrogens is 1. The van der Waals surface area contributed by atoms with Crippen LogP contribution in [0.15, 0.2) is 34.9 Å². The Hall–Kier alpha value is -2.10. The first-order chi connectivity index (χ1) is 8.63. The number of nitrogens with zero attached hydrogens (tertiary/aromatic N) is 1. The zero-order valence-corrected chi connectivity index (χ0v) is 10.6. The van der Waals surface area contributed by atoms with Crippen molar-refractivity contribution in [1.29, 1.82) is 0 Å². The third kappa shape index (κ3) is 3.45. The van der Waals surface area contributed by atoms with Gasteiger partial charge >= 0.3 is 0 Å². The van der Waals surface area contributed by atoms with Gasteiger partial charge in [0.1, 0.15) is 6.26 Å². The van der Waals surface area contributed by atoms with Crippen LogP contribution in [0.1, 0.15) is 23.6 Å². The summed E-state index contributed by atoms with van der Waals surface area (Å²) in [5.41, 5.74) is 2.81. The van der Waals surface area contributed by atoms with Gasteiger partial charge in [-0.3, -0.25) is 4.79 Å². The van der Waals surface area contributed by atoms with Gasteiger partial charge in [-0.25, -0.2) is 4.98 Å². The maximum Gasteiger partial charge on any atom is 0.224 e. The first-order valence-electron chi connectivity index (χ1n) is 5.91. The van der Waals surface area contributed by atoms with E-state index in [1.165, 1.54) is 5.56 Å². The van der Waals surface area contributed by atoms with Gasteiger partial charge in [-0.15, -0.1) is 0 Å². The summed E-state index contributed by atoms with van der Waals surface area (Å²) in [6, 6.07) is 7.73. The SMILES string of the molecule is Cc1ccc(NC(=O)CCc2coc(C)n2)cc1. The predicted octanol–water partition coefficient (Wildman–Crippen LogP) is 2.86. The highest BCUT2D eigenvalue weighted by molar-refractivity contribution is 5.90. The molecule has 4 heteroatoms. The molecule has 94 valence electrons. The largest absolute Gasteiger partial charge is 0.449 e. The molecule has 0 spiro atoms. The van der Waals surface area contributed by atoms with Crippen LogP contribution >= 0.6 is 0 Å². The van der Waals surface area contributed by atoms with Gasteiger partial charge in [0.25, 0.3) is 0 Å². The van der Waals surface area contributed by atoms with Crippen LogP contribution in [0, 0.1) is 13.8 Å². The normalized spacial score (nSPS) is 10.3. The fourth-order valence-electron chi connectivity index (χ4n) is 1.63. The van der Waals surface area contributed by atoms with Crippen molar-refractivity contribution in [1.82, 2.24) is 4.98 Å². The maximum atomic E-state index is 11.7. The number of amides is 1. The van der Waals surface area contributed by atoms with Crippen LogP contribution in [-0.2, 0) is 11.2 Å². The summed E-state index contributed by atoms with van der Waals surface area (Å²) in [6.45, 7) is 3.80. The number of hydrogen-bond donors (Lipinski definition) is 1. The van der Waals surface area contributed by atoms with E-state index in [2.05, 4.69) is 10.3 Å². The molecule has 2 aromatic rings. The van der Waals surface area contributed by atoms with Gasteiger partial charge in [-0.2, -0.15) is 0 Å². The third-order valence-electron chi connectivity index (χ3n) is 2.61. The number of benzene rings is 1. The summed E-state index contributed by atoms with van der Waals surface area (Å²) in [5.74, 6) is 0.614. The van der Waals surface area contributed by atoms with Crippen LogP contribution in [0.5, 0.6) is 0 Å². The molecule has 1 N–H and O–H groups in total. The molecule has 0 aliphatic rings. The van der Waals surface area contributed by atoms with Gasteiger partial charge in [-0.05, 0) is 19.1 Å². The van der Waals surface area contributed by atoms with Gasteiger partial charge in [0.2, 0.25) is 5.91 Å². The molecule has 0 atom stereocenters. The molecule has 1 heterocycles. The van der Waals surface area contributed by atoms with Crippen molar-refractivity contribution < 1.29 is 9.21 Å². The minimum atomic E-state index is -0.0143. The molecule has 0 unspecified atom stereocenters. The van der Waals surface area contributed by atoms with Crippen LogP contribution in [0.25, 0.3) is 0 Å². The molecule has 1 amide bonds. The fraction of sp³-hybridized carbons (Fsp3) is 0.286. The van der Waals surface area contributed by atoms with Gasteiger partial charge in [0.15, 0.2) is 5.89 Å². The Balaban J connectivity index is 1.83. The second-order valence-electron chi connectivity index (χ2n) is 4.27. The van der Waals surface area contributed by atoms with Crippen molar-refractivity contribution in [3.63, 3.8) is 0 Å². The summed E-state index contributed by atoms with van der Waals surface area (Å²) in [6.07, 6.45) is 2.59. The highest BCUT2D eigenvalue weighted by Crippen LogP contribution is 2.10. The Kier molecular flexibility index (Phi) is 3.77. The van der Waals surface area contributed by atoms with Gasteiger partial charge in [-0.1, -0.05) is 17.7 Å². The molecule has 0 saturated heterocycles. The van der Waals surface area contributed by atoms with E-state index in [-0.39, 0.29) is 5.91 Å². The molecule has 0 aliphatic heterocycles. The first-order valence-corrected chi connectivity index (χ1v) is 5.91. The summed E-state index contributed by atoms with van der Waals surface area (Å²) >= 11 is 0. The van der Waals surface area contributed by atoms with Crippen molar-refractivity contribution >= 4 is 11.6 Å². The lowest BCUT2D eigenvalue weighted by Gasteiger charge is -2.04. The van der Waals surface area contributed by atoms with Crippen LogP contribution in [-0.4, -0.2) is 10.9 Å². The summed E-state index contributed by atoms with van der Waals surface area (Å²) in [7, 11) is 0. The minimum absolute atomic E-state index is 0.0143. The average Bonchev–Trinajstić information content (AvgIpc) is 2.76. The molecular formula is C14H16N2O2. The Morgan fingerprint density at radius 2 is 2.00 bits per heavy atom. The zero-order chi connectivity index (χ0) is 13.0. The van der Waals surface area contributed by atoms with E-state index in [1.54, 1.807) is 13.2 Å². The Morgan fingerprint density at radius 1 is 1.28 bits per heavy atom. The number of nitrogens with one attached hydrogen (secondary N) is 1. The van der Waals surface area contributed by atoms with Crippen molar-refractivity contribution in [2.45, 2.75) is 26.7 Å². The maximum absolute atomic E-state index is 11.7. The van der Waals surface area contributed by atoms with E-state index >= 15 is 0 Å². The number of rotatable bonds is 4. The Labute approximate surface area is 106 Å². The number of hydrogen-bond acceptors (Lipinski definition) is 3. The molecule has 0 bridgehead atoms. The second kappa shape index (κ2) is 5.49. The van der Waals surface area contributed by atoms with Crippen molar-refractivity contribution in [3.8, 4) is 0 Å². The van der Waals surface area contributed by atoms with E-state index in [0.29, 0.717) is 18.7 Å². The molecule has 18 heavy (non-hydrogen) atoms. The minimum Gasteiger partial charge on any atom is -0.449 e. The van der Waals surface area contributed by atoms with Gasteiger partial charge < -0.3 is 9.73 Å². The predicted molar refractivity (Wildman–Crippen MR) is 69.4 cm³/mol. The Bertz CT molecular complexity index is 529. The monoisotopic (exact) mass is 244 g/mol. The molecule has 1 aromatic heterocycles. The third-order valence-corrected chi connectivity index (χ3v) is 2.61. The second-order valence-corrected chi connectivity index (χ2v) is 4.27. The quantitative estimate of drug-likeness (QED) is 0.899. The van der Waals surface area contributed by atoms with E-state index in [0.717, 1.165) is 11.4 Å². The number of carbonyl (C=O) groups is 1. The molecular weight excluding hydrogens is 228 g/mol. The van der Waals surface area contributed by atoms with E-state index in [4.69, 9.17) is 4.42 Å². The van der Waals surface area contributed by atoms with E-state index in [1.807, 2.05) is 31.2 Å². The van der Waals surface area contributed by atoms with Crippen LogP contribution in [0.2, 0.25) is 0 Å². The van der Waals surface area contributed by atoms with Crippen LogP contribution in [0.3, 0.4) is 0 Å². The molecule has 0 aliphatic carbocycles. The zero-order valence-electron chi connectivity index (χ0n) is 10.6. The summed E-state index contributed by atoms with van der Waals surface area (Å²) in [5, 5.41) is 2.85. The highest BCUT2D eigenvalue weighted by atomic mass is 16.3. The van der Waals surface area contributed by atoms with Crippen molar-refractivity contribution in [3.05, 3.63) is 47.7 Å². The molecule has 0 fully saturated rings. The Morgan fingerprint density at radius 3 is 2.61 bits per heavy atom. The molecule has 4 nitrogen and oxygen atoms in total. The standard InChI is InChI=1S/C14H16N2O2/c1-10-3-5-12(6-4-10)16-14(17)8-7-13-9-18-11(2)15-13/h3-6,9H,7-8H2,1-2H3,(H,16,17). The first kappa shape index (κ1) is 12.4. The number of aryl methyl sites for hydroxylation is 3. The van der Waals surface area contributed by atoms with Crippen molar-refractivity contribution in [2.75, 3.05) is 5.32 Å². The number of oxazole rings is 1. The van der Waals surface area contributed by atoms with Crippen molar-refractivity contribution in [2.24, 2.45) is 0 Å². The van der Waals surface area contributed by atoms with Crippen LogP contribution in [0.4, 0.5) is 5.69 Å². The van der Waals surface area contributed by atoms with E-state index in [9.17, 15) is 4.79 Å². The average molecular weight is 244 g/mol. The van der Waals surface area contributed by atoms with Gasteiger partial charge in [0, 0.05) is 25.5 Å². The topological polar surface area (TPSA) is 55.1 Å². The van der Waals surface area contributed by atoms with Crippen LogP contribution < -0.4 is 5.32 Å². The highest BCUT2D eigenvalue weighted by Gasteiger charge is 2.05. The number of carbonyl (C=O) groups excluding carboxylic acids is 1. The summed E-state index contributed by atoms with van der Waals surface area (Å²) < 4.78 is 5.09. The molecule has 0 radical (unpaired) electrons. The molecule has 2 rings (SSSR count). The lowest BCUT2D eigenvalue weighted by molar-refractivity contribution is -0.116. The lowest BCUT2D eigenvalue weighted by atomic mass is 10.2. The number of anilines is 1.